The van der Waals surface area contributed by atoms with Gasteiger partial charge in [-0.15, -0.1) is 0 Å². The van der Waals surface area contributed by atoms with Gasteiger partial charge >= 0.3 is 5.97 Å². The molecule has 0 aliphatic carbocycles. The first-order chi connectivity index (χ1) is 13.1. The molecule has 0 N–H and O–H groups in total. The molecule has 140 valence electrons. The maximum Gasteiger partial charge on any atom is 0.343 e. The van der Waals surface area contributed by atoms with Gasteiger partial charge in [-0.25, -0.2) is 4.79 Å². The molecule has 0 bridgehead atoms. The number of cyclic esters (lactones) is 1. The zero-order valence-corrected chi connectivity index (χ0v) is 15.6. The number of ether oxygens (including phenoxy) is 5. The minimum Gasteiger partial charge on any atom is -0.497 e. The third-order valence-corrected chi connectivity index (χ3v) is 4.13. The summed E-state index contributed by atoms with van der Waals surface area (Å²) in [6, 6.07) is 10.7. The van der Waals surface area contributed by atoms with Crippen molar-refractivity contribution in [3.8, 4) is 23.0 Å². The zero-order chi connectivity index (χ0) is 19.4. The van der Waals surface area contributed by atoms with E-state index in [9.17, 15) is 4.79 Å². The monoisotopic (exact) mass is 368 g/mol. The lowest BCUT2D eigenvalue weighted by molar-refractivity contribution is -0.130. The summed E-state index contributed by atoms with van der Waals surface area (Å²) in [5.74, 6) is 2.39. The number of carbonyl (C=O) groups is 1. The Bertz CT molecular complexity index is 926. The predicted molar refractivity (Wildman–Crippen MR) is 101 cm³/mol. The lowest BCUT2D eigenvalue weighted by Crippen LogP contribution is -1.99. The van der Waals surface area contributed by atoms with Crippen LogP contribution in [0, 0.1) is 0 Å². The van der Waals surface area contributed by atoms with Crippen molar-refractivity contribution < 1.29 is 28.5 Å². The van der Waals surface area contributed by atoms with Gasteiger partial charge < -0.3 is 23.7 Å². The number of rotatable bonds is 6. The van der Waals surface area contributed by atoms with Gasteiger partial charge in [-0.2, -0.15) is 0 Å². The van der Waals surface area contributed by atoms with Crippen LogP contribution < -0.4 is 18.9 Å². The molecule has 0 spiro atoms. The molecule has 0 unspecified atom stereocenters. The molecule has 0 atom stereocenters. The summed E-state index contributed by atoms with van der Waals surface area (Å²) < 4.78 is 26.6. The van der Waals surface area contributed by atoms with Crippen molar-refractivity contribution in [3.05, 3.63) is 59.2 Å². The highest BCUT2D eigenvalue weighted by molar-refractivity contribution is 6.05. The van der Waals surface area contributed by atoms with Crippen molar-refractivity contribution in [2.75, 3.05) is 28.4 Å². The van der Waals surface area contributed by atoms with Gasteiger partial charge in [0.25, 0.3) is 0 Å². The van der Waals surface area contributed by atoms with Gasteiger partial charge in [0.05, 0.1) is 39.6 Å². The minimum absolute atomic E-state index is 0.405. The molecule has 27 heavy (non-hydrogen) atoms. The quantitative estimate of drug-likeness (QED) is 0.572. The van der Waals surface area contributed by atoms with Crippen LogP contribution in [0.2, 0.25) is 0 Å². The summed E-state index contributed by atoms with van der Waals surface area (Å²) in [6.07, 6.45) is 3.40. The van der Waals surface area contributed by atoms with E-state index in [0.717, 1.165) is 5.56 Å². The van der Waals surface area contributed by atoms with Crippen LogP contribution >= 0.6 is 0 Å². The van der Waals surface area contributed by atoms with E-state index in [1.807, 2.05) is 6.07 Å². The van der Waals surface area contributed by atoms with E-state index < -0.39 is 5.97 Å². The summed E-state index contributed by atoms with van der Waals surface area (Å²) in [4.78, 5) is 12.3. The van der Waals surface area contributed by atoms with Crippen LogP contribution in [-0.2, 0) is 9.53 Å². The molecule has 0 radical (unpaired) electrons. The summed E-state index contributed by atoms with van der Waals surface area (Å²) in [5.41, 5.74) is 1.85. The smallest absolute Gasteiger partial charge is 0.343 e. The molecule has 2 aromatic carbocycles. The molecule has 0 saturated heterocycles. The Balaban J connectivity index is 1.98. The van der Waals surface area contributed by atoms with E-state index in [-0.39, 0.29) is 0 Å². The third-order valence-electron chi connectivity index (χ3n) is 4.13. The van der Waals surface area contributed by atoms with Gasteiger partial charge in [0.2, 0.25) is 0 Å². The summed E-state index contributed by atoms with van der Waals surface area (Å²) >= 11 is 0. The molecule has 0 fully saturated rings. The number of hydrogen-bond donors (Lipinski definition) is 0. The second kappa shape index (κ2) is 7.86. The Kier molecular flexibility index (Phi) is 5.35. The van der Waals surface area contributed by atoms with Crippen LogP contribution in [0.1, 0.15) is 11.1 Å². The first kappa shape index (κ1) is 18.4. The van der Waals surface area contributed by atoms with Gasteiger partial charge in [-0.05, 0) is 48.0 Å². The van der Waals surface area contributed by atoms with E-state index in [0.29, 0.717) is 39.9 Å². The molecular weight excluding hydrogens is 348 g/mol. The van der Waals surface area contributed by atoms with Gasteiger partial charge in [-0.1, -0.05) is 6.07 Å². The number of benzene rings is 2. The van der Waals surface area contributed by atoms with Crippen LogP contribution in [0.5, 0.6) is 23.0 Å². The first-order valence-corrected chi connectivity index (χ1v) is 8.19. The second-order valence-corrected chi connectivity index (χ2v) is 5.68. The maximum atomic E-state index is 12.3. The third kappa shape index (κ3) is 3.74. The fourth-order valence-corrected chi connectivity index (χ4v) is 2.75. The molecule has 6 nitrogen and oxygen atoms in total. The van der Waals surface area contributed by atoms with Crippen LogP contribution in [-0.4, -0.2) is 34.4 Å². The highest BCUT2D eigenvalue weighted by Gasteiger charge is 2.24. The largest absolute Gasteiger partial charge is 0.497 e. The molecular formula is C21H20O6. The normalized spacial score (nSPS) is 14.6. The predicted octanol–water partition coefficient (Wildman–Crippen LogP) is 3.70. The lowest BCUT2D eigenvalue weighted by atomic mass is 10.1. The lowest BCUT2D eigenvalue weighted by Gasteiger charge is -2.10. The van der Waals surface area contributed by atoms with E-state index >= 15 is 0 Å². The summed E-state index contributed by atoms with van der Waals surface area (Å²) in [5, 5.41) is 0. The maximum absolute atomic E-state index is 12.3. The van der Waals surface area contributed by atoms with E-state index in [2.05, 4.69) is 0 Å². The molecule has 2 aromatic rings. The zero-order valence-electron chi connectivity index (χ0n) is 15.6. The topological polar surface area (TPSA) is 63.2 Å². The minimum atomic E-state index is -0.440. The molecule has 1 heterocycles. The van der Waals surface area contributed by atoms with Crippen LogP contribution in [0.4, 0.5) is 0 Å². The van der Waals surface area contributed by atoms with Crippen LogP contribution in [0.15, 0.2) is 48.0 Å². The SMILES string of the molecule is COc1ccc(OC)c(C2=C/C(=C/c3ccc(OC)c(OC)c3)C(=O)O2)c1. The van der Waals surface area contributed by atoms with Crippen molar-refractivity contribution in [1.82, 2.24) is 0 Å². The average Bonchev–Trinajstić information content (AvgIpc) is 3.07. The van der Waals surface area contributed by atoms with Crippen molar-refractivity contribution in [3.63, 3.8) is 0 Å². The highest BCUT2D eigenvalue weighted by atomic mass is 16.5. The fourth-order valence-electron chi connectivity index (χ4n) is 2.75. The summed E-state index contributed by atoms with van der Waals surface area (Å²) in [6.45, 7) is 0. The molecule has 1 aliphatic rings. The Morgan fingerprint density at radius 3 is 2.19 bits per heavy atom. The van der Waals surface area contributed by atoms with Gasteiger partial charge in [-0.3, -0.25) is 0 Å². The second-order valence-electron chi connectivity index (χ2n) is 5.68. The Labute approximate surface area is 157 Å². The standard InChI is InChI=1S/C21H20O6/c1-23-15-6-8-17(24-2)16(12-15)19-11-14(21(22)27-19)9-13-5-7-18(25-3)20(10-13)26-4/h5-12H,1-4H3/b14-9-. The first-order valence-electron chi connectivity index (χ1n) is 8.19. The number of methoxy groups -OCH3 is 4. The van der Waals surface area contributed by atoms with Crippen LogP contribution in [0.3, 0.4) is 0 Å². The van der Waals surface area contributed by atoms with E-state index in [4.69, 9.17) is 23.7 Å². The van der Waals surface area contributed by atoms with Crippen molar-refractivity contribution >= 4 is 17.8 Å². The van der Waals surface area contributed by atoms with E-state index in [1.54, 1.807) is 70.9 Å². The Morgan fingerprint density at radius 1 is 0.815 bits per heavy atom. The fraction of sp³-hybridized carbons (Fsp3) is 0.190. The van der Waals surface area contributed by atoms with Crippen molar-refractivity contribution in [1.29, 1.82) is 0 Å². The van der Waals surface area contributed by atoms with Crippen molar-refractivity contribution in [2.24, 2.45) is 0 Å². The molecule has 3 rings (SSSR count). The molecule has 0 aromatic heterocycles. The van der Waals surface area contributed by atoms with Gasteiger partial charge in [0.1, 0.15) is 17.3 Å². The van der Waals surface area contributed by atoms with Crippen LogP contribution in [0.25, 0.3) is 11.8 Å². The average molecular weight is 368 g/mol. The van der Waals surface area contributed by atoms with Gasteiger partial charge in [0.15, 0.2) is 11.5 Å². The number of esters is 1. The van der Waals surface area contributed by atoms with E-state index in [1.165, 1.54) is 0 Å². The number of carbonyl (C=O) groups excluding carboxylic acids is 1. The Morgan fingerprint density at radius 2 is 1.52 bits per heavy atom. The molecule has 1 aliphatic heterocycles. The summed E-state index contributed by atoms with van der Waals surface area (Å²) in [7, 11) is 6.26. The molecule has 0 saturated carbocycles. The molecule has 6 heteroatoms. The highest BCUT2D eigenvalue weighted by Crippen LogP contribution is 2.36. The Hall–Kier alpha value is -3.41. The van der Waals surface area contributed by atoms with Crippen molar-refractivity contribution in [2.45, 2.75) is 0 Å². The molecule has 0 amide bonds. The number of hydrogen-bond acceptors (Lipinski definition) is 6. The van der Waals surface area contributed by atoms with Gasteiger partial charge in [0, 0.05) is 0 Å².